The second-order valence-electron chi connectivity index (χ2n) is 4.97. The maximum Gasteiger partial charge on any atom is 0.240 e. The average Bonchev–Trinajstić information content (AvgIpc) is 2.72. The van der Waals surface area contributed by atoms with Gasteiger partial charge in [0.15, 0.2) is 0 Å². The van der Waals surface area contributed by atoms with E-state index in [0.29, 0.717) is 12.1 Å². The fourth-order valence-electron chi connectivity index (χ4n) is 2.66. The molecular weight excluding hydrogens is 204 g/mol. The van der Waals surface area contributed by atoms with Gasteiger partial charge in [-0.3, -0.25) is 4.79 Å². The van der Waals surface area contributed by atoms with Crippen LogP contribution in [0.4, 0.5) is 0 Å². The number of nitrogens with one attached hydrogen (secondary N) is 2. The van der Waals surface area contributed by atoms with E-state index in [1.54, 1.807) is 7.11 Å². The zero-order valence-electron chi connectivity index (χ0n) is 10.2. The van der Waals surface area contributed by atoms with E-state index in [9.17, 15) is 4.79 Å². The maximum atomic E-state index is 12.2. The summed E-state index contributed by atoms with van der Waals surface area (Å²) < 4.78 is 5.21. The van der Waals surface area contributed by atoms with E-state index in [1.165, 1.54) is 0 Å². The van der Waals surface area contributed by atoms with Gasteiger partial charge in [0.1, 0.15) is 0 Å². The SMILES string of the molecule is CCC1(C(=O)NC2CC(OC)C2)CCCN1. The standard InChI is InChI=1S/C12H22N2O2/c1-3-12(5-4-6-13-12)11(15)14-9-7-10(8-9)16-2/h9-10,13H,3-8H2,1-2H3,(H,14,15). The van der Waals surface area contributed by atoms with Crippen molar-refractivity contribution in [2.45, 2.75) is 56.7 Å². The van der Waals surface area contributed by atoms with Gasteiger partial charge in [0.25, 0.3) is 0 Å². The van der Waals surface area contributed by atoms with Crippen molar-refractivity contribution in [3.05, 3.63) is 0 Å². The van der Waals surface area contributed by atoms with Crippen LogP contribution in [0.1, 0.15) is 39.0 Å². The van der Waals surface area contributed by atoms with Crippen LogP contribution in [-0.4, -0.2) is 37.2 Å². The zero-order valence-corrected chi connectivity index (χ0v) is 10.2. The zero-order chi connectivity index (χ0) is 11.6. The minimum atomic E-state index is -0.293. The van der Waals surface area contributed by atoms with Crippen LogP contribution in [0.25, 0.3) is 0 Å². The lowest BCUT2D eigenvalue weighted by molar-refractivity contribution is -0.129. The van der Waals surface area contributed by atoms with Gasteiger partial charge in [0.2, 0.25) is 5.91 Å². The fraction of sp³-hybridized carbons (Fsp3) is 0.917. The molecule has 0 spiro atoms. The Kier molecular flexibility index (Phi) is 3.50. The number of methoxy groups -OCH3 is 1. The van der Waals surface area contributed by atoms with E-state index in [2.05, 4.69) is 17.6 Å². The van der Waals surface area contributed by atoms with Crippen LogP contribution in [0.3, 0.4) is 0 Å². The number of hydrogen-bond donors (Lipinski definition) is 2. The van der Waals surface area contributed by atoms with Gasteiger partial charge in [-0.2, -0.15) is 0 Å². The van der Waals surface area contributed by atoms with Crippen molar-refractivity contribution in [1.29, 1.82) is 0 Å². The van der Waals surface area contributed by atoms with Gasteiger partial charge >= 0.3 is 0 Å². The molecule has 0 aromatic carbocycles. The number of rotatable bonds is 4. The van der Waals surface area contributed by atoms with E-state index in [-0.39, 0.29) is 11.4 Å². The number of carbonyl (C=O) groups is 1. The Balaban J connectivity index is 1.83. The molecule has 0 bridgehead atoms. The first-order valence-corrected chi connectivity index (χ1v) is 6.29. The van der Waals surface area contributed by atoms with Crippen LogP contribution < -0.4 is 10.6 Å². The van der Waals surface area contributed by atoms with Crippen molar-refractivity contribution in [3.63, 3.8) is 0 Å². The van der Waals surface area contributed by atoms with Crippen LogP contribution in [0.15, 0.2) is 0 Å². The molecule has 2 rings (SSSR count). The van der Waals surface area contributed by atoms with Crippen molar-refractivity contribution >= 4 is 5.91 Å². The summed E-state index contributed by atoms with van der Waals surface area (Å²) in [5, 5.41) is 6.49. The van der Waals surface area contributed by atoms with Gasteiger partial charge in [0, 0.05) is 13.2 Å². The van der Waals surface area contributed by atoms with Gasteiger partial charge in [-0.25, -0.2) is 0 Å². The second-order valence-corrected chi connectivity index (χ2v) is 4.97. The molecule has 1 aliphatic carbocycles. The molecule has 2 fully saturated rings. The molecule has 1 saturated heterocycles. The fourth-order valence-corrected chi connectivity index (χ4v) is 2.66. The Bertz CT molecular complexity index is 256. The molecule has 1 unspecified atom stereocenters. The van der Waals surface area contributed by atoms with Gasteiger partial charge in [-0.1, -0.05) is 6.92 Å². The molecule has 0 radical (unpaired) electrons. The average molecular weight is 226 g/mol. The lowest BCUT2D eigenvalue weighted by Crippen LogP contribution is -2.58. The molecule has 1 amide bonds. The third-order valence-corrected chi connectivity index (χ3v) is 4.05. The molecule has 92 valence electrons. The highest BCUT2D eigenvalue weighted by Gasteiger charge is 2.41. The van der Waals surface area contributed by atoms with E-state index in [0.717, 1.165) is 38.6 Å². The summed E-state index contributed by atoms with van der Waals surface area (Å²) >= 11 is 0. The van der Waals surface area contributed by atoms with Crippen LogP contribution in [0.2, 0.25) is 0 Å². The van der Waals surface area contributed by atoms with E-state index < -0.39 is 0 Å². The monoisotopic (exact) mass is 226 g/mol. The summed E-state index contributed by atoms with van der Waals surface area (Å²) in [5.74, 6) is 0.187. The highest BCUT2D eigenvalue weighted by atomic mass is 16.5. The van der Waals surface area contributed by atoms with Crippen LogP contribution in [0, 0.1) is 0 Å². The van der Waals surface area contributed by atoms with Crippen LogP contribution in [0.5, 0.6) is 0 Å². The first kappa shape index (κ1) is 11.9. The highest BCUT2D eigenvalue weighted by Crippen LogP contribution is 2.26. The molecule has 1 saturated carbocycles. The Labute approximate surface area is 97.1 Å². The topological polar surface area (TPSA) is 50.4 Å². The first-order valence-electron chi connectivity index (χ1n) is 6.29. The second kappa shape index (κ2) is 4.72. The summed E-state index contributed by atoms with van der Waals surface area (Å²) in [6, 6.07) is 0.322. The Morgan fingerprint density at radius 3 is 2.81 bits per heavy atom. The molecule has 4 heteroatoms. The summed E-state index contributed by atoms with van der Waals surface area (Å²) in [5.41, 5.74) is -0.293. The van der Waals surface area contributed by atoms with Crippen molar-refractivity contribution in [3.8, 4) is 0 Å². The van der Waals surface area contributed by atoms with E-state index in [1.807, 2.05) is 0 Å². The molecule has 1 atom stereocenters. The molecule has 2 aliphatic rings. The number of carbonyl (C=O) groups excluding carboxylic acids is 1. The van der Waals surface area contributed by atoms with Gasteiger partial charge in [0.05, 0.1) is 11.6 Å². The Morgan fingerprint density at radius 1 is 1.56 bits per heavy atom. The third-order valence-electron chi connectivity index (χ3n) is 4.05. The minimum Gasteiger partial charge on any atom is -0.381 e. The quantitative estimate of drug-likeness (QED) is 0.746. The van der Waals surface area contributed by atoms with Crippen molar-refractivity contribution in [1.82, 2.24) is 10.6 Å². The lowest BCUT2D eigenvalue weighted by Gasteiger charge is -2.37. The molecule has 1 aliphatic heterocycles. The molecule has 2 N–H and O–H groups in total. The molecular formula is C12H22N2O2. The van der Waals surface area contributed by atoms with Gasteiger partial charge < -0.3 is 15.4 Å². The summed E-state index contributed by atoms with van der Waals surface area (Å²) in [6.07, 6.45) is 5.21. The van der Waals surface area contributed by atoms with Crippen molar-refractivity contribution in [2.24, 2.45) is 0 Å². The minimum absolute atomic E-state index is 0.187. The smallest absolute Gasteiger partial charge is 0.240 e. The van der Waals surface area contributed by atoms with Gasteiger partial charge in [-0.15, -0.1) is 0 Å². The largest absolute Gasteiger partial charge is 0.381 e. The maximum absolute atomic E-state index is 12.2. The summed E-state index contributed by atoms with van der Waals surface area (Å²) in [7, 11) is 1.73. The number of amides is 1. The number of ether oxygens (including phenoxy) is 1. The molecule has 16 heavy (non-hydrogen) atoms. The predicted molar refractivity (Wildman–Crippen MR) is 62.2 cm³/mol. The van der Waals surface area contributed by atoms with Crippen molar-refractivity contribution < 1.29 is 9.53 Å². The van der Waals surface area contributed by atoms with Crippen molar-refractivity contribution in [2.75, 3.05) is 13.7 Å². The van der Waals surface area contributed by atoms with E-state index in [4.69, 9.17) is 4.74 Å². The summed E-state index contributed by atoms with van der Waals surface area (Å²) in [4.78, 5) is 12.2. The normalized spacial score (nSPS) is 38.1. The lowest BCUT2D eigenvalue weighted by atomic mass is 9.87. The number of hydrogen-bond acceptors (Lipinski definition) is 3. The van der Waals surface area contributed by atoms with Crippen LogP contribution >= 0.6 is 0 Å². The first-order chi connectivity index (χ1) is 7.70. The third kappa shape index (κ3) is 2.09. The molecule has 4 nitrogen and oxygen atoms in total. The molecule has 1 heterocycles. The predicted octanol–water partition coefficient (Wildman–Crippen LogP) is 0.812. The molecule has 0 aromatic rings. The van der Waals surface area contributed by atoms with Gasteiger partial charge in [-0.05, 0) is 38.6 Å². The molecule has 0 aromatic heterocycles. The Morgan fingerprint density at radius 2 is 2.31 bits per heavy atom. The summed E-state index contributed by atoms with van der Waals surface area (Å²) in [6.45, 7) is 3.04. The highest BCUT2D eigenvalue weighted by molar-refractivity contribution is 5.87. The van der Waals surface area contributed by atoms with E-state index >= 15 is 0 Å². The van der Waals surface area contributed by atoms with Crippen LogP contribution in [-0.2, 0) is 9.53 Å². The Hall–Kier alpha value is -0.610.